The van der Waals surface area contributed by atoms with Gasteiger partial charge in [0.2, 0.25) is 10.0 Å². The van der Waals surface area contributed by atoms with Gasteiger partial charge in [-0.15, -0.1) is 0 Å². The zero-order valence-corrected chi connectivity index (χ0v) is 19.0. The Labute approximate surface area is 197 Å². The normalized spacial score (nSPS) is 12.9. The lowest BCUT2D eigenvalue weighted by Crippen LogP contribution is -2.23. The highest BCUT2D eigenvalue weighted by molar-refractivity contribution is 7.89. The molecule has 2 N–H and O–H groups in total. The standard InChI is InChI=1S/C26H22N2O5S/c29-26(28-22-10-12-24-25(16-22)33-14-13-32-24)20-7-5-18(6-8-20)17-27-34(30,31)23-11-9-19-3-1-2-4-21(19)15-23/h1-12,15-16,27H,13-14,17H2,(H,28,29). The number of ether oxygens (including phenoxy) is 2. The van der Waals surface area contributed by atoms with Crippen LogP contribution in [0.15, 0.2) is 89.8 Å². The van der Waals surface area contributed by atoms with Crippen LogP contribution in [0.1, 0.15) is 15.9 Å². The molecule has 0 radical (unpaired) electrons. The summed E-state index contributed by atoms with van der Waals surface area (Å²) >= 11 is 0. The van der Waals surface area contributed by atoms with E-state index in [4.69, 9.17) is 9.47 Å². The van der Waals surface area contributed by atoms with Crippen LogP contribution in [0, 0.1) is 0 Å². The molecule has 0 atom stereocenters. The van der Waals surface area contributed by atoms with Crippen molar-refractivity contribution in [2.24, 2.45) is 0 Å². The van der Waals surface area contributed by atoms with Crippen molar-refractivity contribution in [2.45, 2.75) is 11.4 Å². The Morgan fingerprint density at radius 3 is 2.32 bits per heavy atom. The second-order valence-corrected chi connectivity index (χ2v) is 9.61. The molecule has 5 rings (SSSR count). The molecule has 1 aliphatic rings. The van der Waals surface area contributed by atoms with Gasteiger partial charge in [0.05, 0.1) is 4.90 Å². The number of carbonyl (C=O) groups is 1. The van der Waals surface area contributed by atoms with Gasteiger partial charge in [-0.2, -0.15) is 0 Å². The molecule has 34 heavy (non-hydrogen) atoms. The summed E-state index contributed by atoms with van der Waals surface area (Å²) in [5.74, 6) is 0.970. The summed E-state index contributed by atoms with van der Waals surface area (Å²) in [7, 11) is -3.68. The van der Waals surface area contributed by atoms with Crippen molar-refractivity contribution >= 4 is 32.4 Å². The van der Waals surface area contributed by atoms with Crippen LogP contribution < -0.4 is 19.5 Å². The fraction of sp³-hybridized carbons (Fsp3) is 0.115. The van der Waals surface area contributed by atoms with Crippen LogP contribution in [0.4, 0.5) is 5.69 Å². The molecule has 0 bridgehead atoms. The first-order valence-corrected chi connectivity index (χ1v) is 12.2. The number of carbonyl (C=O) groups excluding carboxylic acids is 1. The molecule has 172 valence electrons. The van der Waals surface area contributed by atoms with E-state index in [1.165, 1.54) is 0 Å². The van der Waals surface area contributed by atoms with Crippen LogP contribution in [0.3, 0.4) is 0 Å². The van der Waals surface area contributed by atoms with Crippen LogP contribution in [-0.4, -0.2) is 27.5 Å². The number of rotatable bonds is 6. The number of sulfonamides is 1. The van der Waals surface area contributed by atoms with Gasteiger partial charge in [-0.05, 0) is 52.7 Å². The summed E-state index contributed by atoms with van der Waals surface area (Å²) in [5.41, 5.74) is 1.79. The van der Waals surface area contributed by atoms with Gasteiger partial charge in [-0.25, -0.2) is 13.1 Å². The maximum Gasteiger partial charge on any atom is 0.255 e. The lowest BCUT2D eigenvalue weighted by Gasteiger charge is -2.19. The highest BCUT2D eigenvalue weighted by Crippen LogP contribution is 2.32. The number of amides is 1. The average molecular weight is 475 g/mol. The first-order valence-electron chi connectivity index (χ1n) is 10.8. The molecule has 0 saturated heterocycles. The van der Waals surface area contributed by atoms with Gasteiger partial charge in [-0.1, -0.05) is 42.5 Å². The Hall–Kier alpha value is -3.88. The summed E-state index contributed by atoms with van der Waals surface area (Å²) in [6.45, 7) is 1.08. The number of hydrogen-bond acceptors (Lipinski definition) is 5. The van der Waals surface area contributed by atoms with Crippen molar-refractivity contribution in [2.75, 3.05) is 18.5 Å². The summed E-state index contributed by atoms with van der Waals surface area (Å²) in [6.07, 6.45) is 0. The Morgan fingerprint density at radius 1 is 0.794 bits per heavy atom. The summed E-state index contributed by atoms with van der Waals surface area (Å²) in [4.78, 5) is 12.8. The van der Waals surface area contributed by atoms with Crippen LogP contribution in [0.5, 0.6) is 11.5 Å². The predicted molar refractivity (Wildman–Crippen MR) is 130 cm³/mol. The number of hydrogen-bond donors (Lipinski definition) is 2. The van der Waals surface area contributed by atoms with Crippen molar-refractivity contribution < 1.29 is 22.7 Å². The van der Waals surface area contributed by atoms with Gasteiger partial charge < -0.3 is 14.8 Å². The number of benzene rings is 4. The third-order valence-corrected chi connectivity index (χ3v) is 6.91. The zero-order valence-electron chi connectivity index (χ0n) is 18.2. The molecule has 4 aromatic rings. The lowest BCUT2D eigenvalue weighted by molar-refractivity contribution is 0.102. The maximum atomic E-state index is 12.7. The zero-order chi connectivity index (χ0) is 23.5. The van der Waals surface area contributed by atoms with Crippen molar-refractivity contribution in [3.8, 4) is 11.5 Å². The molecular formula is C26H22N2O5S. The van der Waals surface area contributed by atoms with E-state index in [0.29, 0.717) is 36.0 Å². The Balaban J connectivity index is 1.22. The number of anilines is 1. The minimum atomic E-state index is -3.68. The largest absolute Gasteiger partial charge is 0.486 e. The SMILES string of the molecule is O=C(Nc1ccc2c(c1)OCCO2)c1ccc(CNS(=O)(=O)c2ccc3ccccc3c2)cc1. The molecule has 7 nitrogen and oxygen atoms in total. The molecular weight excluding hydrogens is 452 g/mol. The third-order valence-electron chi connectivity index (χ3n) is 5.51. The summed E-state index contributed by atoms with van der Waals surface area (Å²) in [5, 5.41) is 4.67. The van der Waals surface area contributed by atoms with E-state index in [0.717, 1.165) is 16.3 Å². The molecule has 0 aliphatic carbocycles. The lowest BCUT2D eigenvalue weighted by atomic mass is 10.1. The Bertz CT molecular complexity index is 1470. The molecule has 0 unspecified atom stereocenters. The average Bonchev–Trinajstić information content (AvgIpc) is 2.87. The first-order chi connectivity index (χ1) is 16.5. The highest BCUT2D eigenvalue weighted by atomic mass is 32.2. The number of fused-ring (bicyclic) bond motifs is 2. The van der Waals surface area contributed by atoms with Crippen molar-refractivity contribution in [1.29, 1.82) is 0 Å². The van der Waals surface area contributed by atoms with Crippen LogP contribution in [0.25, 0.3) is 10.8 Å². The van der Waals surface area contributed by atoms with Gasteiger partial charge >= 0.3 is 0 Å². The summed E-state index contributed by atoms with van der Waals surface area (Å²) < 4.78 is 39.1. The fourth-order valence-electron chi connectivity index (χ4n) is 3.69. The molecule has 0 spiro atoms. The molecule has 8 heteroatoms. The molecule has 1 heterocycles. The molecule has 0 fully saturated rings. The molecule has 1 amide bonds. The van der Waals surface area contributed by atoms with Crippen molar-refractivity contribution in [1.82, 2.24) is 4.72 Å². The van der Waals surface area contributed by atoms with Gasteiger partial charge in [-0.3, -0.25) is 4.79 Å². The summed E-state index contributed by atoms with van der Waals surface area (Å²) in [6, 6.07) is 24.6. The Kier molecular flexibility index (Phi) is 5.91. The quantitative estimate of drug-likeness (QED) is 0.434. The first kappa shape index (κ1) is 21.9. The molecule has 1 aliphatic heterocycles. The van der Waals surface area contributed by atoms with E-state index in [1.807, 2.05) is 24.3 Å². The van der Waals surface area contributed by atoms with Crippen molar-refractivity contribution in [3.05, 3.63) is 96.1 Å². The van der Waals surface area contributed by atoms with Gasteiger partial charge in [0.15, 0.2) is 11.5 Å². The third kappa shape index (κ3) is 4.73. The molecule has 0 saturated carbocycles. The van der Waals surface area contributed by atoms with E-state index in [-0.39, 0.29) is 17.3 Å². The van der Waals surface area contributed by atoms with E-state index in [2.05, 4.69) is 10.0 Å². The van der Waals surface area contributed by atoms with Crippen LogP contribution >= 0.6 is 0 Å². The van der Waals surface area contributed by atoms with E-state index in [1.54, 1.807) is 60.7 Å². The minimum absolute atomic E-state index is 0.110. The van der Waals surface area contributed by atoms with Gasteiger partial charge in [0.1, 0.15) is 13.2 Å². The number of nitrogens with one attached hydrogen (secondary N) is 2. The van der Waals surface area contributed by atoms with Crippen LogP contribution in [-0.2, 0) is 16.6 Å². The van der Waals surface area contributed by atoms with Gasteiger partial charge in [0, 0.05) is 23.9 Å². The van der Waals surface area contributed by atoms with Gasteiger partial charge in [0.25, 0.3) is 5.91 Å². The predicted octanol–water partition coefficient (Wildman–Crippen LogP) is 4.34. The second-order valence-electron chi connectivity index (χ2n) is 7.84. The van der Waals surface area contributed by atoms with E-state index >= 15 is 0 Å². The highest BCUT2D eigenvalue weighted by Gasteiger charge is 2.15. The minimum Gasteiger partial charge on any atom is -0.486 e. The molecule has 4 aromatic carbocycles. The second kappa shape index (κ2) is 9.17. The smallest absolute Gasteiger partial charge is 0.255 e. The fourth-order valence-corrected chi connectivity index (χ4v) is 4.75. The topological polar surface area (TPSA) is 93.7 Å². The van der Waals surface area contributed by atoms with Crippen LogP contribution in [0.2, 0.25) is 0 Å². The molecule has 0 aromatic heterocycles. The van der Waals surface area contributed by atoms with Crippen molar-refractivity contribution in [3.63, 3.8) is 0 Å². The maximum absolute atomic E-state index is 12.7. The monoisotopic (exact) mass is 474 g/mol. The Morgan fingerprint density at radius 2 is 1.53 bits per heavy atom. The van der Waals surface area contributed by atoms with E-state index in [9.17, 15) is 13.2 Å². The van der Waals surface area contributed by atoms with E-state index < -0.39 is 10.0 Å².